The van der Waals surface area contributed by atoms with Gasteiger partial charge in [0.15, 0.2) is 0 Å². The van der Waals surface area contributed by atoms with Crippen molar-refractivity contribution >= 4 is 0 Å². The fourth-order valence-electron chi connectivity index (χ4n) is 1.54. The molecule has 4 atom stereocenters. The van der Waals surface area contributed by atoms with Gasteiger partial charge in [-0.3, -0.25) is 0 Å². The van der Waals surface area contributed by atoms with Crippen LogP contribution in [0.15, 0.2) is 0 Å². The van der Waals surface area contributed by atoms with Crippen molar-refractivity contribution in [2.75, 3.05) is 6.61 Å². The van der Waals surface area contributed by atoms with E-state index in [0.29, 0.717) is 0 Å². The molecule has 0 saturated heterocycles. The van der Waals surface area contributed by atoms with E-state index in [0.717, 1.165) is 0 Å². The summed E-state index contributed by atoms with van der Waals surface area (Å²) in [6.07, 6.45) is -4.05. The van der Waals surface area contributed by atoms with Crippen LogP contribution < -0.4 is 0 Å². The van der Waals surface area contributed by atoms with Crippen molar-refractivity contribution < 1.29 is 30.3 Å². The second-order valence-corrected chi connectivity index (χ2v) is 3.43. The maximum atomic E-state index is 9.45. The summed E-state index contributed by atoms with van der Waals surface area (Å²) >= 11 is 0. The lowest BCUT2D eigenvalue weighted by Crippen LogP contribution is -2.64. The molecule has 0 heterocycles. The Labute approximate surface area is 86.7 Å². The summed E-state index contributed by atoms with van der Waals surface area (Å²) < 4.78 is 4.88. The van der Waals surface area contributed by atoms with Crippen LogP contribution in [0.5, 0.6) is 0 Å². The molecule has 0 aromatic carbocycles. The summed E-state index contributed by atoms with van der Waals surface area (Å²) in [6, 6.07) is 0. The Bertz CT molecular complexity index is 233. The van der Waals surface area contributed by atoms with E-state index in [2.05, 4.69) is 5.92 Å². The van der Waals surface area contributed by atoms with Crippen molar-refractivity contribution in [3.05, 3.63) is 0 Å². The molecule has 6 heteroatoms. The first-order valence-corrected chi connectivity index (χ1v) is 4.46. The fourth-order valence-corrected chi connectivity index (χ4v) is 1.54. The van der Waals surface area contributed by atoms with Gasteiger partial charge in [0.05, 0.1) is 0 Å². The molecule has 86 valence electrons. The van der Waals surface area contributed by atoms with E-state index < -0.39 is 36.6 Å². The van der Waals surface area contributed by atoms with Gasteiger partial charge in [0.25, 0.3) is 0 Å². The van der Waals surface area contributed by atoms with Gasteiger partial charge in [-0.2, -0.15) is 0 Å². The van der Waals surface area contributed by atoms with Crippen molar-refractivity contribution in [3.8, 4) is 12.3 Å². The van der Waals surface area contributed by atoms with Crippen molar-refractivity contribution in [3.63, 3.8) is 0 Å². The molecule has 1 saturated carbocycles. The molecular formula is C9H14O6. The number of aliphatic hydroxyl groups is 5. The minimum Gasteiger partial charge on any atom is -0.387 e. The van der Waals surface area contributed by atoms with Crippen molar-refractivity contribution in [2.45, 2.75) is 36.6 Å². The average molecular weight is 218 g/mol. The molecule has 0 bridgehead atoms. The predicted octanol–water partition coefficient (Wildman–Crippen LogP) is -3.18. The third kappa shape index (κ3) is 2.29. The standard InChI is InChI=1S/C9H14O6/c1-2-3-15-9-7(13)5(11)4(10)6(12)8(9)14/h1,4-14H,3H2. The number of aliphatic hydroxyl groups excluding tert-OH is 5. The van der Waals surface area contributed by atoms with Crippen LogP contribution in [0.3, 0.4) is 0 Å². The molecule has 1 rings (SSSR count). The normalized spacial score (nSPS) is 46.1. The van der Waals surface area contributed by atoms with Gasteiger partial charge in [0.2, 0.25) is 0 Å². The largest absolute Gasteiger partial charge is 0.387 e. The minimum absolute atomic E-state index is 0.172. The molecule has 1 aliphatic carbocycles. The molecule has 1 fully saturated rings. The first kappa shape index (κ1) is 12.4. The van der Waals surface area contributed by atoms with Gasteiger partial charge in [-0.1, -0.05) is 5.92 Å². The molecule has 1 aliphatic rings. The fraction of sp³-hybridized carbons (Fsp3) is 0.778. The van der Waals surface area contributed by atoms with Gasteiger partial charge >= 0.3 is 0 Å². The van der Waals surface area contributed by atoms with E-state index in [1.165, 1.54) is 0 Å². The Hall–Kier alpha value is -0.680. The Morgan fingerprint density at radius 1 is 0.867 bits per heavy atom. The Morgan fingerprint density at radius 3 is 1.67 bits per heavy atom. The van der Waals surface area contributed by atoms with E-state index in [4.69, 9.17) is 11.2 Å². The second-order valence-electron chi connectivity index (χ2n) is 3.43. The number of rotatable bonds is 2. The van der Waals surface area contributed by atoms with Crippen molar-refractivity contribution in [2.24, 2.45) is 0 Å². The van der Waals surface area contributed by atoms with E-state index >= 15 is 0 Å². The Kier molecular flexibility index (Phi) is 4.04. The third-order valence-electron chi connectivity index (χ3n) is 2.43. The van der Waals surface area contributed by atoms with E-state index in [9.17, 15) is 25.5 Å². The van der Waals surface area contributed by atoms with E-state index in [-0.39, 0.29) is 6.61 Å². The molecule has 0 aliphatic heterocycles. The molecule has 15 heavy (non-hydrogen) atoms. The number of ether oxygens (including phenoxy) is 1. The van der Waals surface area contributed by atoms with Crippen LogP contribution in [-0.4, -0.2) is 68.8 Å². The molecule has 4 unspecified atom stereocenters. The minimum atomic E-state index is -1.61. The molecule has 0 spiro atoms. The summed E-state index contributed by atoms with van der Waals surface area (Å²) in [5.41, 5.74) is 0. The van der Waals surface area contributed by atoms with Gasteiger partial charge < -0.3 is 30.3 Å². The average Bonchev–Trinajstić information content (AvgIpc) is 2.24. The zero-order chi connectivity index (χ0) is 11.6. The molecular weight excluding hydrogens is 204 g/mol. The molecule has 0 aromatic rings. The summed E-state index contributed by atoms with van der Waals surface area (Å²) in [4.78, 5) is 0. The van der Waals surface area contributed by atoms with Gasteiger partial charge in [0.1, 0.15) is 43.2 Å². The highest BCUT2D eigenvalue weighted by Crippen LogP contribution is 2.23. The summed E-state index contributed by atoms with van der Waals surface area (Å²) in [5.74, 6) is 2.13. The van der Waals surface area contributed by atoms with Crippen LogP contribution in [0.2, 0.25) is 0 Å². The third-order valence-corrected chi connectivity index (χ3v) is 2.43. The summed E-state index contributed by atoms with van der Waals surface area (Å²) in [6.45, 7) is -0.172. The van der Waals surface area contributed by atoms with E-state index in [1.807, 2.05) is 0 Å². The lowest BCUT2D eigenvalue weighted by Gasteiger charge is -2.41. The van der Waals surface area contributed by atoms with Crippen LogP contribution >= 0.6 is 0 Å². The lowest BCUT2D eigenvalue weighted by molar-refractivity contribution is -0.232. The summed E-state index contributed by atoms with van der Waals surface area (Å²) in [7, 11) is 0. The smallest absolute Gasteiger partial charge is 0.116 e. The monoisotopic (exact) mass is 218 g/mol. The number of terminal acetylenes is 1. The van der Waals surface area contributed by atoms with Gasteiger partial charge in [-0.25, -0.2) is 0 Å². The topological polar surface area (TPSA) is 110 Å². The van der Waals surface area contributed by atoms with Crippen LogP contribution in [0.25, 0.3) is 0 Å². The zero-order valence-electron chi connectivity index (χ0n) is 7.89. The molecule has 0 aromatic heterocycles. The molecule has 0 radical (unpaired) electrons. The second kappa shape index (κ2) is 4.90. The molecule has 6 nitrogen and oxygen atoms in total. The molecule has 5 N–H and O–H groups in total. The number of hydrogen-bond donors (Lipinski definition) is 5. The Balaban J connectivity index is 2.73. The van der Waals surface area contributed by atoms with E-state index in [1.54, 1.807) is 0 Å². The molecule has 0 amide bonds. The lowest BCUT2D eigenvalue weighted by atomic mass is 9.85. The zero-order valence-corrected chi connectivity index (χ0v) is 7.89. The SMILES string of the molecule is C#CCOC1C(O)C(O)C(O)C(O)C1O. The first-order chi connectivity index (χ1) is 7.00. The van der Waals surface area contributed by atoms with Crippen LogP contribution in [-0.2, 0) is 4.74 Å². The van der Waals surface area contributed by atoms with Crippen molar-refractivity contribution in [1.82, 2.24) is 0 Å². The van der Waals surface area contributed by atoms with Gasteiger partial charge in [0, 0.05) is 0 Å². The quantitative estimate of drug-likeness (QED) is 0.313. The van der Waals surface area contributed by atoms with Crippen LogP contribution in [0.1, 0.15) is 0 Å². The van der Waals surface area contributed by atoms with Gasteiger partial charge in [-0.05, 0) is 0 Å². The maximum absolute atomic E-state index is 9.45. The first-order valence-electron chi connectivity index (χ1n) is 4.46. The predicted molar refractivity (Wildman–Crippen MR) is 48.6 cm³/mol. The van der Waals surface area contributed by atoms with Gasteiger partial charge in [-0.15, -0.1) is 6.42 Å². The highest BCUT2D eigenvalue weighted by Gasteiger charge is 2.48. The Morgan fingerprint density at radius 2 is 1.27 bits per heavy atom. The van der Waals surface area contributed by atoms with Crippen LogP contribution in [0, 0.1) is 12.3 Å². The highest BCUT2D eigenvalue weighted by atomic mass is 16.5. The maximum Gasteiger partial charge on any atom is 0.116 e. The number of hydrogen-bond acceptors (Lipinski definition) is 6. The van der Waals surface area contributed by atoms with Crippen molar-refractivity contribution in [1.29, 1.82) is 0 Å². The summed E-state index contributed by atoms with van der Waals surface area (Å²) in [5, 5.41) is 46.7. The van der Waals surface area contributed by atoms with Crippen LogP contribution in [0.4, 0.5) is 0 Å². The highest BCUT2D eigenvalue weighted by molar-refractivity contribution is 5.00.